The molecule has 0 aliphatic heterocycles. The van der Waals surface area contributed by atoms with Crippen LogP contribution in [-0.2, 0) is 0 Å². The fourth-order valence-corrected chi connectivity index (χ4v) is 1.00. The lowest BCUT2D eigenvalue weighted by molar-refractivity contribution is -0.132. The highest BCUT2D eigenvalue weighted by Crippen LogP contribution is 2.18. The number of nitrogens with zero attached hydrogens (tertiary/aromatic N) is 2. The molecule has 0 aromatic heterocycles. The van der Waals surface area contributed by atoms with Crippen LogP contribution in [0.1, 0.15) is 20.3 Å². The zero-order valence-electron chi connectivity index (χ0n) is 12.1. The van der Waals surface area contributed by atoms with Gasteiger partial charge in [0.1, 0.15) is 0 Å². The lowest BCUT2D eigenvalue weighted by atomic mass is 10.0. The molecular formula is C11H24F3IN4. The number of guanidine groups is 1. The third-order valence-electron chi connectivity index (χ3n) is 2.82. The fourth-order valence-electron chi connectivity index (χ4n) is 1.00. The van der Waals surface area contributed by atoms with Crippen molar-refractivity contribution in [2.45, 2.75) is 32.0 Å². The quantitative estimate of drug-likeness (QED) is 0.425. The molecule has 0 saturated carbocycles. The number of hydrogen-bond acceptors (Lipinski definition) is 2. The zero-order chi connectivity index (χ0) is 14.4. The molecule has 0 bridgehead atoms. The van der Waals surface area contributed by atoms with E-state index in [9.17, 15) is 13.2 Å². The molecule has 0 rings (SSSR count). The van der Waals surface area contributed by atoms with E-state index in [0.29, 0.717) is 12.5 Å². The summed E-state index contributed by atoms with van der Waals surface area (Å²) in [5.41, 5.74) is -0.109. The highest BCUT2D eigenvalue weighted by Gasteiger charge is 2.26. The van der Waals surface area contributed by atoms with Gasteiger partial charge in [-0.3, -0.25) is 4.99 Å². The Morgan fingerprint density at radius 2 is 1.68 bits per heavy atom. The number of hydrogen-bond donors (Lipinski definition) is 2. The van der Waals surface area contributed by atoms with Crippen LogP contribution in [0.5, 0.6) is 0 Å². The fraction of sp³-hybridized carbons (Fsp3) is 0.909. The molecule has 0 amide bonds. The van der Waals surface area contributed by atoms with E-state index in [1.807, 2.05) is 32.8 Å². The molecular weight excluding hydrogens is 372 g/mol. The number of nitrogens with one attached hydrogen (secondary N) is 2. The minimum absolute atomic E-state index is 0. The Bertz CT molecular complexity index is 278. The summed E-state index contributed by atoms with van der Waals surface area (Å²) in [7, 11) is 5.43. The molecule has 4 nitrogen and oxygen atoms in total. The molecule has 0 fully saturated rings. The van der Waals surface area contributed by atoms with Gasteiger partial charge in [0, 0.05) is 25.7 Å². The van der Waals surface area contributed by atoms with Crippen molar-refractivity contribution in [3.63, 3.8) is 0 Å². The largest absolute Gasteiger partial charge is 0.390 e. The summed E-state index contributed by atoms with van der Waals surface area (Å²) in [6.07, 6.45) is -5.01. The predicted molar refractivity (Wildman–Crippen MR) is 83.2 cm³/mol. The molecule has 0 aromatic carbocycles. The number of halogens is 4. The van der Waals surface area contributed by atoms with Crippen molar-refractivity contribution >= 4 is 29.9 Å². The Kier molecular flexibility index (Phi) is 9.78. The highest BCUT2D eigenvalue weighted by molar-refractivity contribution is 14.0. The zero-order valence-corrected chi connectivity index (χ0v) is 14.4. The van der Waals surface area contributed by atoms with Crippen molar-refractivity contribution in [2.24, 2.45) is 4.99 Å². The molecule has 0 aromatic rings. The number of likely N-dealkylation sites (N-methyl/N-ethyl adjacent to an activating group) is 1. The summed E-state index contributed by atoms with van der Waals surface area (Å²) in [6, 6.07) is 0. The van der Waals surface area contributed by atoms with E-state index in [4.69, 9.17) is 0 Å². The van der Waals surface area contributed by atoms with Crippen LogP contribution in [0.2, 0.25) is 0 Å². The minimum atomic E-state index is -4.14. The molecule has 19 heavy (non-hydrogen) atoms. The second-order valence-corrected chi connectivity index (χ2v) is 4.92. The number of alkyl halides is 3. The molecule has 2 N–H and O–H groups in total. The summed E-state index contributed by atoms with van der Waals surface area (Å²) < 4.78 is 36.0. The Morgan fingerprint density at radius 3 is 2.05 bits per heavy atom. The first-order valence-electron chi connectivity index (χ1n) is 5.77. The Morgan fingerprint density at radius 1 is 1.16 bits per heavy atom. The smallest absolute Gasteiger partial charge is 0.356 e. The van der Waals surface area contributed by atoms with Gasteiger partial charge in [-0.15, -0.1) is 24.0 Å². The minimum Gasteiger partial charge on any atom is -0.356 e. The molecule has 0 atom stereocenters. The van der Waals surface area contributed by atoms with Crippen molar-refractivity contribution < 1.29 is 13.2 Å². The predicted octanol–water partition coefficient (Wildman–Crippen LogP) is 2.06. The van der Waals surface area contributed by atoms with Gasteiger partial charge in [0.05, 0.1) is 6.42 Å². The summed E-state index contributed by atoms with van der Waals surface area (Å²) in [5, 5.41) is 5.64. The van der Waals surface area contributed by atoms with Crippen LogP contribution in [0.15, 0.2) is 4.99 Å². The van der Waals surface area contributed by atoms with E-state index in [0.717, 1.165) is 0 Å². The average Bonchev–Trinajstić information content (AvgIpc) is 2.21. The van der Waals surface area contributed by atoms with Gasteiger partial charge in [-0.25, -0.2) is 0 Å². The van der Waals surface area contributed by atoms with Gasteiger partial charge >= 0.3 is 6.18 Å². The summed E-state index contributed by atoms with van der Waals surface area (Å²) in [5.74, 6) is 0.383. The van der Waals surface area contributed by atoms with Crippen LogP contribution in [0.25, 0.3) is 0 Å². The highest BCUT2D eigenvalue weighted by atomic mass is 127. The second kappa shape index (κ2) is 8.83. The van der Waals surface area contributed by atoms with E-state index < -0.39 is 12.6 Å². The van der Waals surface area contributed by atoms with Gasteiger partial charge in [0.2, 0.25) is 0 Å². The van der Waals surface area contributed by atoms with Crippen molar-refractivity contribution in [1.82, 2.24) is 15.5 Å². The van der Waals surface area contributed by atoms with Gasteiger partial charge in [0.15, 0.2) is 5.96 Å². The molecule has 0 aliphatic rings. The summed E-state index contributed by atoms with van der Waals surface area (Å²) in [4.78, 5) is 5.91. The Labute approximate surface area is 130 Å². The first-order chi connectivity index (χ1) is 8.08. The van der Waals surface area contributed by atoms with Crippen LogP contribution in [0, 0.1) is 0 Å². The van der Waals surface area contributed by atoms with Gasteiger partial charge < -0.3 is 15.5 Å². The van der Waals surface area contributed by atoms with Crippen LogP contribution >= 0.6 is 24.0 Å². The van der Waals surface area contributed by atoms with Gasteiger partial charge in [-0.2, -0.15) is 13.2 Å². The standard InChI is InChI=1S/C11H23F3N4.HI/c1-10(2,18(4)5)8-17-9(15-3)16-7-6-11(12,13)14;/h6-8H2,1-5H3,(H2,15,16,17);1H. The molecule has 116 valence electrons. The molecule has 0 heterocycles. The van der Waals surface area contributed by atoms with Crippen molar-refractivity contribution in [3.8, 4) is 0 Å². The lowest BCUT2D eigenvalue weighted by Gasteiger charge is -2.33. The number of aliphatic imine (C=N–C) groups is 1. The van der Waals surface area contributed by atoms with Crippen LogP contribution in [0.4, 0.5) is 13.2 Å². The van der Waals surface area contributed by atoms with Gasteiger partial charge in [-0.05, 0) is 27.9 Å². The van der Waals surface area contributed by atoms with Crippen LogP contribution in [-0.4, -0.2) is 56.8 Å². The van der Waals surface area contributed by atoms with Crippen molar-refractivity contribution in [2.75, 3.05) is 34.2 Å². The maximum absolute atomic E-state index is 12.0. The molecule has 0 unspecified atom stereocenters. The average molecular weight is 396 g/mol. The maximum Gasteiger partial charge on any atom is 0.390 e. The van der Waals surface area contributed by atoms with Gasteiger partial charge in [0.25, 0.3) is 0 Å². The van der Waals surface area contributed by atoms with Gasteiger partial charge in [-0.1, -0.05) is 0 Å². The van der Waals surface area contributed by atoms with Crippen LogP contribution in [0.3, 0.4) is 0 Å². The summed E-state index contributed by atoms with van der Waals surface area (Å²) in [6.45, 7) is 4.48. The van der Waals surface area contributed by atoms with Crippen molar-refractivity contribution in [1.29, 1.82) is 0 Å². The SMILES string of the molecule is CN=C(NCCC(F)(F)F)NCC(C)(C)N(C)C.I. The van der Waals surface area contributed by atoms with E-state index >= 15 is 0 Å². The summed E-state index contributed by atoms with van der Waals surface area (Å²) >= 11 is 0. The maximum atomic E-state index is 12.0. The van der Waals surface area contributed by atoms with E-state index in [-0.39, 0.29) is 36.1 Å². The molecule has 0 saturated heterocycles. The Balaban J connectivity index is 0. The van der Waals surface area contributed by atoms with E-state index in [1.165, 1.54) is 7.05 Å². The third kappa shape index (κ3) is 10.2. The third-order valence-corrected chi connectivity index (χ3v) is 2.82. The molecule has 8 heteroatoms. The first kappa shape index (κ1) is 21.1. The molecule has 0 radical (unpaired) electrons. The topological polar surface area (TPSA) is 39.7 Å². The van der Waals surface area contributed by atoms with E-state index in [1.54, 1.807) is 0 Å². The second-order valence-electron chi connectivity index (χ2n) is 4.92. The first-order valence-corrected chi connectivity index (χ1v) is 5.77. The van der Waals surface area contributed by atoms with Crippen molar-refractivity contribution in [3.05, 3.63) is 0 Å². The normalized spacial score (nSPS) is 13.2. The number of rotatable bonds is 5. The Hall–Kier alpha value is -0.250. The molecule has 0 aliphatic carbocycles. The monoisotopic (exact) mass is 396 g/mol. The van der Waals surface area contributed by atoms with Crippen LogP contribution < -0.4 is 10.6 Å². The lowest BCUT2D eigenvalue weighted by Crippen LogP contribution is -2.51. The molecule has 0 spiro atoms. The van der Waals surface area contributed by atoms with E-state index in [2.05, 4.69) is 15.6 Å².